The van der Waals surface area contributed by atoms with Crippen LogP contribution < -0.4 is 0 Å². The van der Waals surface area contributed by atoms with E-state index in [1.165, 1.54) is 0 Å². The molecule has 1 N–H and O–H groups in total. The molecule has 0 saturated carbocycles. The van der Waals surface area contributed by atoms with Crippen LogP contribution in [0.4, 0.5) is 0 Å². The molecule has 104 valence electrons. The number of nitrogens with zero attached hydrogens (tertiary/aromatic N) is 1. The molecule has 1 aliphatic rings. The first-order valence-corrected chi connectivity index (χ1v) is 7.52. The summed E-state index contributed by atoms with van der Waals surface area (Å²) in [5.41, 5.74) is 0.374. The maximum Gasteiger partial charge on any atom is 0.258 e. The molecule has 2 rings (SSSR count). The lowest BCUT2D eigenvalue weighted by molar-refractivity contribution is -0.0444. The van der Waals surface area contributed by atoms with E-state index < -0.39 is 0 Å². The topological polar surface area (TPSA) is 49.8 Å². The molecular weight excluding hydrogens is 357 g/mol. The number of rotatable bonds is 2. The minimum absolute atomic E-state index is 0.0386. The molecular formula is C14H18INO3. The lowest BCUT2D eigenvalue weighted by Gasteiger charge is -2.38. The Morgan fingerprint density at radius 3 is 3.00 bits per heavy atom. The molecule has 2 unspecified atom stereocenters. The van der Waals surface area contributed by atoms with Gasteiger partial charge in [0.25, 0.3) is 5.91 Å². The molecule has 0 spiro atoms. The van der Waals surface area contributed by atoms with Crippen molar-refractivity contribution in [2.45, 2.75) is 32.4 Å². The predicted octanol–water partition coefficient (Wildman–Crippen LogP) is 2.64. The third-order valence-corrected chi connectivity index (χ3v) is 4.06. The summed E-state index contributed by atoms with van der Waals surface area (Å²) in [6, 6.07) is 5.16. The van der Waals surface area contributed by atoms with E-state index in [2.05, 4.69) is 22.6 Å². The number of carbonyl (C=O) groups excluding carboxylic acids is 1. The van der Waals surface area contributed by atoms with Crippen molar-refractivity contribution in [2.75, 3.05) is 13.2 Å². The number of carbonyl (C=O) groups is 1. The second-order valence-corrected chi connectivity index (χ2v) is 6.07. The number of morpholine rings is 1. The zero-order valence-electron chi connectivity index (χ0n) is 11.1. The van der Waals surface area contributed by atoms with Crippen molar-refractivity contribution >= 4 is 28.5 Å². The van der Waals surface area contributed by atoms with Gasteiger partial charge in [-0.25, -0.2) is 0 Å². The van der Waals surface area contributed by atoms with Crippen molar-refractivity contribution in [1.29, 1.82) is 0 Å². The van der Waals surface area contributed by atoms with E-state index in [0.29, 0.717) is 18.7 Å². The van der Waals surface area contributed by atoms with Crippen LogP contribution in [0.1, 0.15) is 30.6 Å². The SMILES string of the molecule is CCC1COC(C)CN1C(=O)c1cc(I)ccc1O. The van der Waals surface area contributed by atoms with Crippen LogP contribution in [0.3, 0.4) is 0 Å². The molecule has 2 atom stereocenters. The van der Waals surface area contributed by atoms with Crippen LogP contribution in [0.2, 0.25) is 0 Å². The standard InChI is InChI=1S/C14H18INO3/c1-3-11-8-19-9(2)7-16(11)14(18)12-6-10(15)4-5-13(12)17/h4-6,9,11,17H,3,7-8H2,1-2H3. The summed E-state index contributed by atoms with van der Waals surface area (Å²) in [4.78, 5) is 14.4. The minimum atomic E-state index is -0.113. The monoisotopic (exact) mass is 375 g/mol. The van der Waals surface area contributed by atoms with Gasteiger partial charge in [0.1, 0.15) is 5.75 Å². The third-order valence-electron chi connectivity index (χ3n) is 3.39. The van der Waals surface area contributed by atoms with E-state index in [1.807, 2.05) is 18.7 Å². The van der Waals surface area contributed by atoms with Gasteiger partial charge in [-0.05, 0) is 54.1 Å². The summed E-state index contributed by atoms with van der Waals surface area (Å²) in [6.45, 7) is 5.13. The van der Waals surface area contributed by atoms with Gasteiger partial charge in [-0.2, -0.15) is 0 Å². The summed E-state index contributed by atoms with van der Waals surface area (Å²) in [6.07, 6.45) is 0.889. The molecule has 1 aromatic carbocycles. The number of ether oxygens (including phenoxy) is 1. The zero-order valence-corrected chi connectivity index (χ0v) is 13.3. The van der Waals surface area contributed by atoms with E-state index in [9.17, 15) is 9.90 Å². The van der Waals surface area contributed by atoms with Crippen molar-refractivity contribution in [3.05, 3.63) is 27.3 Å². The maximum absolute atomic E-state index is 12.6. The van der Waals surface area contributed by atoms with Gasteiger partial charge in [-0.1, -0.05) is 6.92 Å². The number of benzene rings is 1. The molecule has 0 bridgehead atoms. The highest BCUT2D eigenvalue weighted by atomic mass is 127. The smallest absolute Gasteiger partial charge is 0.258 e. The van der Waals surface area contributed by atoms with Crippen LogP contribution >= 0.6 is 22.6 Å². The first kappa shape index (κ1) is 14.6. The van der Waals surface area contributed by atoms with Crippen molar-refractivity contribution in [3.63, 3.8) is 0 Å². The highest BCUT2D eigenvalue weighted by molar-refractivity contribution is 14.1. The maximum atomic E-state index is 12.6. The van der Waals surface area contributed by atoms with Gasteiger partial charge in [0, 0.05) is 10.1 Å². The van der Waals surface area contributed by atoms with E-state index in [-0.39, 0.29) is 23.8 Å². The Hall–Kier alpha value is -0.820. The fraction of sp³-hybridized carbons (Fsp3) is 0.500. The average molecular weight is 375 g/mol. The van der Waals surface area contributed by atoms with Crippen molar-refractivity contribution in [2.24, 2.45) is 0 Å². The molecule has 4 nitrogen and oxygen atoms in total. The largest absolute Gasteiger partial charge is 0.507 e. The molecule has 1 fully saturated rings. The molecule has 1 saturated heterocycles. The zero-order chi connectivity index (χ0) is 14.0. The van der Waals surface area contributed by atoms with Crippen LogP contribution in [-0.4, -0.2) is 41.2 Å². The number of phenolic OH excluding ortho intramolecular Hbond substituents is 1. The van der Waals surface area contributed by atoms with Gasteiger partial charge in [-0.3, -0.25) is 4.79 Å². The Morgan fingerprint density at radius 1 is 1.58 bits per heavy atom. The summed E-state index contributed by atoms with van der Waals surface area (Å²) >= 11 is 2.14. The minimum Gasteiger partial charge on any atom is -0.507 e. The van der Waals surface area contributed by atoms with Gasteiger partial charge in [0.2, 0.25) is 0 Å². The van der Waals surface area contributed by atoms with Gasteiger partial charge in [0.05, 0.1) is 24.3 Å². The predicted molar refractivity (Wildman–Crippen MR) is 81.4 cm³/mol. The van der Waals surface area contributed by atoms with Crippen molar-refractivity contribution < 1.29 is 14.6 Å². The van der Waals surface area contributed by atoms with Crippen molar-refractivity contribution in [3.8, 4) is 5.75 Å². The van der Waals surface area contributed by atoms with Crippen LogP contribution in [0.5, 0.6) is 5.75 Å². The molecule has 0 aromatic heterocycles. The van der Waals surface area contributed by atoms with E-state index in [4.69, 9.17) is 4.74 Å². The van der Waals surface area contributed by atoms with E-state index >= 15 is 0 Å². The molecule has 5 heteroatoms. The Bertz CT molecular complexity index is 478. The number of hydrogen-bond donors (Lipinski definition) is 1. The Morgan fingerprint density at radius 2 is 2.32 bits per heavy atom. The fourth-order valence-electron chi connectivity index (χ4n) is 2.27. The van der Waals surface area contributed by atoms with Crippen LogP contribution in [-0.2, 0) is 4.74 Å². The second kappa shape index (κ2) is 6.09. The van der Waals surface area contributed by atoms with Gasteiger partial charge in [0.15, 0.2) is 0 Å². The van der Waals surface area contributed by atoms with Gasteiger partial charge < -0.3 is 14.7 Å². The lowest BCUT2D eigenvalue weighted by Crippen LogP contribution is -2.51. The first-order valence-electron chi connectivity index (χ1n) is 6.44. The highest BCUT2D eigenvalue weighted by Gasteiger charge is 2.31. The third kappa shape index (κ3) is 3.20. The highest BCUT2D eigenvalue weighted by Crippen LogP contribution is 2.24. The normalized spacial score (nSPS) is 23.4. The van der Waals surface area contributed by atoms with E-state index in [1.54, 1.807) is 18.2 Å². The number of amides is 1. The van der Waals surface area contributed by atoms with Gasteiger partial charge >= 0.3 is 0 Å². The molecule has 19 heavy (non-hydrogen) atoms. The van der Waals surface area contributed by atoms with E-state index in [0.717, 1.165) is 9.99 Å². The van der Waals surface area contributed by atoms with Gasteiger partial charge in [-0.15, -0.1) is 0 Å². The summed E-state index contributed by atoms with van der Waals surface area (Å²) < 4.78 is 6.53. The average Bonchev–Trinajstić information content (AvgIpc) is 2.40. The Balaban J connectivity index is 2.28. The summed E-state index contributed by atoms with van der Waals surface area (Å²) in [5.74, 6) is -0.0718. The molecule has 1 heterocycles. The molecule has 1 aromatic rings. The summed E-state index contributed by atoms with van der Waals surface area (Å²) in [5, 5.41) is 9.88. The molecule has 1 aliphatic heterocycles. The first-order chi connectivity index (χ1) is 9.02. The fourth-order valence-corrected chi connectivity index (χ4v) is 2.76. The quantitative estimate of drug-likeness (QED) is 0.809. The van der Waals surface area contributed by atoms with Crippen LogP contribution in [0.15, 0.2) is 18.2 Å². The number of aromatic hydroxyl groups is 1. The molecule has 0 aliphatic carbocycles. The molecule has 1 amide bonds. The summed E-state index contributed by atoms with van der Waals surface area (Å²) in [7, 11) is 0. The second-order valence-electron chi connectivity index (χ2n) is 4.83. The number of phenols is 1. The van der Waals surface area contributed by atoms with Crippen LogP contribution in [0, 0.1) is 3.57 Å². The van der Waals surface area contributed by atoms with Crippen molar-refractivity contribution in [1.82, 2.24) is 4.90 Å². The Kier molecular flexibility index (Phi) is 4.67. The number of halogens is 1. The Labute approximate surface area is 126 Å². The number of hydrogen-bond acceptors (Lipinski definition) is 3. The van der Waals surface area contributed by atoms with Crippen LogP contribution in [0.25, 0.3) is 0 Å². The molecule has 0 radical (unpaired) electrons. The lowest BCUT2D eigenvalue weighted by atomic mass is 10.1.